The van der Waals surface area contributed by atoms with Crippen molar-refractivity contribution in [2.75, 3.05) is 4.72 Å². The van der Waals surface area contributed by atoms with E-state index in [0.717, 1.165) is 16.7 Å². The molecule has 90 valence electrons. The van der Waals surface area contributed by atoms with Crippen LogP contribution in [0, 0.1) is 6.92 Å². The van der Waals surface area contributed by atoms with Gasteiger partial charge in [0.05, 0.1) is 17.4 Å². The van der Waals surface area contributed by atoms with Crippen LogP contribution in [0.15, 0.2) is 47.4 Å². The van der Waals surface area contributed by atoms with Gasteiger partial charge in [0.15, 0.2) is 0 Å². The number of nitrogens with one attached hydrogen (secondary N) is 1. The van der Waals surface area contributed by atoms with Crippen molar-refractivity contribution in [1.82, 2.24) is 8.75 Å². The van der Waals surface area contributed by atoms with E-state index in [2.05, 4.69) is 44.7 Å². The summed E-state index contributed by atoms with van der Waals surface area (Å²) < 4.78 is 11.9. The molecule has 0 amide bonds. The summed E-state index contributed by atoms with van der Waals surface area (Å²) in [6, 6.07) is 14.4. The molecule has 0 atom stereocenters. The summed E-state index contributed by atoms with van der Waals surface area (Å²) in [7, 11) is 0. The summed E-state index contributed by atoms with van der Waals surface area (Å²) in [5.41, 5.74) is 4.15. The van der Waals surface area contributed by atoms with Crippen LogP contribution in [0.5, 0.6) is 0 Å². The van der Waals surface area contributed by atoms with Gasteiger partial charge >= 0.3 is 0 Å². The number of aryl methyl sites for hydroxylation is 1. The fraction of sp³-hybridized carbons (Fsp3) is 0.0769. The molecule has 3 nitrogen and oxygen atoms in total. The largest absolute Gasteiger partial charge is 0.324 e. The number of fused-ring (bicyclic) bond motifs is 1. The fourth-order valence-corrected chi connectivity index (χ4v) is 2.82. The van der Waals surface area contributed by atoms with E-state index in [4.69, 9.17) is 0 Å². The van der Waals surface area contributed by atoms with E-state index in [1.165, 1.54) is 22.2 Å². The van der Waals surface area contributed by atoms with Crippen LogP contribution in [0.25, 0.3) is 11.0 Å². The highest BCUT2D eigenvalue weighted by molar-refractivity contribution is 8.00. The van der Waals surface area contributed by atoms with E-state index in [1.807, 2.05) is 18.2 Å². The maximum atomic E-state index is 4.30. The van der Waals surface area contributed by atoms with Gasteiger partial charge in [-0.3, -0.25) is 0 Å². The molecule has 0 radical (unpaired) electrons. The van der Waals surface area contributed by atoms with Crippen molar-refractivity contribution in [1.29, 1.82) is 0 Å². The van der Waals surface area contributed by atoms with Gasteiger partial charge in [0, 0.05) is 4.90 Å². The van der Waals surface area contributed by atoms with Crippen LogP contribution >= 0.6 is 23.7 Å². The summed E-state index contributed by atoms with van der Waals surface area (Å²) in [5.74, 6) is 0. The average Bonchev–Trinajstić information content (AvgIpc) is 2.87. The lowest BCUT2D eigenvalue weighted by Crippen LogP contribution is -1.88. The molecule has 18 heavy (non-hydrogen) atoms. The second kappa shape index (κ2) is 4.96. The van der Waals surface area contributed by atoms with Gasteiger partial charge in [-0.2, -0.15) is 8.75 Å². The molecule has 1 N–H and O–H groups in total. The standard InChI is InChI=1S/C13H11N3S2/c1-9-5-7-10(8-6-9)17-14-11-3-2-4-12-13(11)16-18-15-12/h2-8,14H,1H3. The lowest BCUT2D eigenvalue weighted by atomic mass is 10.2. The van der Waals surface area contributed by atoms with Crippen molar-refractivity contribution < 1.29 is 0 Å². The number of nitrogens with zero attached hydrogens (tertiary/aromatic N) is 2. The molecule has 0 fully saturated rings. The first kappa shape index (κ1) is 11.5. The van der Waals surface area contributed by atoms with E-state index >= 15 is 0 Å². The highest BCUT2D eigenvalue weighted by Gasteiger charge is 2.04. The van der Waals surface area contributed by atoms with E-state index in [0.29, 0.717) is 0 Å². The second-order valence-electron chi connectivity index (χ2n) is 3.95. The maximum absolute atomic E-state index is 4.30. The first-order chi connectivity index (χ1) is 8.83. The first-order valence-electron chi connectivity index (χ1n) is 5.54. The van der Waals surface area contributed by atoms with Crippen molar-refractivity contribution in [3.8, 4) is 0 Å². The van der Waals surface area contributed by atoms with Crippen LogP contribution in [0.4, 0.5) is 5.69 Å². The molecule has 0 spiro atoms. The normalized spacial score (nSPS) is 10.7. The van der Waals surface area contributed by atoms with Gasteiger partial charge in [0.25, 0.3) is 0 Å². The molecule has 0 aliphatic rings. The molecule has 0 saturated heterocycles. The predicted molar refractivity (Wildman–Crippen MR) is 78.1 cm³/mol. The zero-order chi connectivity index (χ0) is 12.4. The lowest BCUT2D eigenvalue weighted by Gasteiger charge is -2.05. The van der Waals surface area contributed by atoms with Crippen LogP contribution < -0.4 is 4.72 Å². The quantitative estimate of drug-likeness (QED) is 0.728. The van der Waals surface area contributed by atoms with E-state index in [-0.39, 0.29) is 0 Å². The Morgan fingerprint density at radius 2 is 1.89 bits per heavy atom. The van der Waals surface area contributed by atoms with Gasteiger partial charge in [-0.25, -0.2) is 0 Å². The summed E-state index contributed by atoms with van der Waals surface area (Å²) in [6.07, 6.45) is 0. The molecule has 0 saturated carbocycles. The van der Waals surface area contributed by atoms with Crippen LogP contribution in [-0.2, 0) is 0 Å². The molecule has 1 heterocycles. The third-order valence-electron chi connectivity index (χ3n) is 2.59. The number of aromatic nitrogens is 2. The molecule has 1 aromatic heterocycles. The van der Waals surface area contributed by atoms with Crippen LogP contribution in [0.2, 0.25) is 0 Å². The number of anilines is 1. The third-order valence-corrected chi connectivity index (χ3v) is 3.96. The van der Waals surface area contributed by atoms with Crippen molar-refractivity contribution in [3.63, 3.8) is 0 Å². The Bertz CT molecular complexity index is 661. The molecule has 0 aliphatic heterocycles. The minimum Gasteiger partial charge on any atom is -0.324 e. The van der Waals surface area contributed by atoms with Gasteiger partial charge in [-0.05, 0) is 43.1 Å². The minimum absolute atomic E-state index is 0.933. The predicted octanol–water partition coefficient (Wildman–Crippen LogP) is 4.12. The van der Waals surface area contributed by atoms with E-state index in [9.17, 15) is 0 Å². The SMILES string of the molecule is Cc1ccc(SNc2cccc3nsnc23)cc1. The Morgan fingerprint density at radius 3 is 2.72 bits per heavy atom. The number of benzene rings is 2. The van der Waals surface area contributed by atoms with Crippen molar-refractivity contribution >= 4 is 40.4 Å². The lowest BCUT2D eigenvalue weighted by molar-refractivity contribution is 1.38. The minimum atomic E-state index is 0.933. The zero-order valence-corrected chi connectivity index (χ0v) is 11.4. The third kappa shape index (κ3) is 2.32. The number of rotatable bonds is 3. The Balaban J connectivity index is 1.80. The smallest absolute Gasteiger partial charge is 0.128 e. The summed E-state index contributed by atoms with van der Waals surface area (Å²) >= 11 is 2.83. The Labute approximate surface area is 114 Å². The van der Waals surface area contributed by atoms with Gasteiger partial charge in [0.2, 0.25) is 0 Å². The van der Waals surface area contributed by atoms with Crippen LogP contribution in [0.3, 0.4) is 0 Å². The van der Waals surface area contributed by atoms with Crippen LogP contribution in [0.1, 0.15) is 5.56 Å². The summed E-state index contributed by atoms with van der Waals surface area (Å²) in [6.45, 7) is 2.09. The summed E-state index contributed by atoms with van der Waals surface area (Å²) in [5, 5.41) is 0. The average molecular weight is 273 g/mol. The monoisotopic (exact) mass is 273 g/mol. The molecule has 5 heteroatoms. The molecule has 0 bridgehead atoms. The Morgan fingerprint density at radius 1 is 1.06 bits per heavy atom. The molecule has 0 aliphatic carbocycles. The molecular weight excluding hydrogens is 262 g/mol. The second-order valence-corrected chi connectivity index (χ2v) is 5.36. The zero-order valence-electron chi connectivity index (χ0n) is 9.75. The Kier molecular flexibility index (Phi) is 3.17. The molecular formula is C13H11N3S2. The summed E-state index contributed by atoms with van der Waals surface area (Å²) in [4.78, 5) is 1.18. The maximum Gasteiger partial charge on any atom is 0.128 e. The topological polar surface area (TPSA) is 37.8 Å². The Hall–Kier alpha value is -1.59. The van der Waals surface area contributed by atoms with Crippen LogP contribution in [-0.4, -0.2) is 8.75 Å². The van der Waals surface area contributed by atoms with Gasteiger partial charge in [-0.15, -0.1) is 0 Å². The highest BCUT2D eigenvalue weighted by atomic mass is 32.2. The van der Waals surface area contributed by atoms with Crippen molar-refractivity contribution in [3.05, 3.63) is 48.0 Å². The van der Waals surface area contributed by atoms with Crippen molar-refractivity contribution in [2.24, 2.45) is 0 Å². The molecule has 3 aromatic rings. The number of hydrogen-bond donors (Lipinski definition) is 1. The molecule has 3 rings (SSSR count). The highest BCUT2D eigenvalue weighted by Crippen LogP contribution is 2.26. The molecule has 0 unspecified atom stereocenters. The van der Waals surface area contributed by atoms with E-state index < -0.39 is 0 Å². The molecule has 2 aromatic carbocycles. The first-order valence-corrected chi connectivity index (χ1v) is 7.08. The van der Waals surface area contributed by atoms with Crippen molar-refractivity contribution in [2.45, 2.75) is 11.8 Å². The van der Waals surface area contributed by atoms with Gasteiger partial charge in [-0.1, -0.05) is 23.8 Å². The van der Waals surface area contributed by atoms with Gasteiger partial charge in [0.1, 0.15) is 11.0 Å². The fourth-order valence-electron chi connectivity index (χ4n) is 1.61. The number of hydrogen-bond acceptors (Lipinski definition) is 5. The van der Waals surface area contributed by atoms with E-state index in [1.54, 1.807) is 11.9 Å². The van der Waals surface area contributed by atoms with Gasteiger partial charge < -0.3 is 4.72 Å².